The molecule has 0 atom stereocenters. The van der Waals surface area contributed by atoms with Gasteiger partial charge in [0.15, 0.2) is 0 Å². The second kappa shape index (κ2) is 8.47. The lowest BCUT2D eigenvalue weighted by Gasteiger charge is -2.05. The molecule has 3 rings (SSSR count). The number of amides is 1. The van der Waals surface area contributed by atoms with Gasteiger partial charge in [-0.1, -0.05) is 46.1 Å². The number of aromatic nitrogens is 1. The quantitative estimate of drug-likeness (QED) is 0.377. The molecule has 3 aromatic rings. The fourth-order valence-electron chi connectivity index (χ4n) is 1.97. The van der Waals surface area contributed by atoms with Crippen LogP contribution in [0.2, 0.25) is 15.1 Å². The fourth-order valence-corrected chi connectivity index (χ4v) is 4.19. The Morgan fingerprint density at radius 1 is 1.12 bits per heavy atom. The number of hydrazine groups is 1. The van der Waals surface area contributed by atoms with Crippen LogP contribution in [0.3, 0.4) is 0 Å². The van der Waals surface area contributed by atoms with E-state index in [1.54, 1.807) is 17.8 Å². The number of rotatable bonds is 6. The number of nitrogens with zero attached hydrogens (tertiary/aromatic N) is 1. The van der Waals surface area contributed by atoms with Crippen molar-refractivity contribution in [2.24, 2.45) is 0 Å². The molecule has 2 N–H and O–H groups in total. The Hall–Kier alpha value is -1.18. The maximum absolute atomic E-state index is 11.9. The van der Waals surface area contributed by atoms with Crippen LogP contribution in [0.15, 0.2) is 41.3 Å². The molecule has 2 aromatic carbocycles. The highest BCUT2D eigenvalue weighted by Crippen LogP contribution is 2.35. The predicted molar refractivity (Wildman–Crippen MR) is 108 cm³/mol. The van der Waals surface area contributed by atoms with Gasteiger partial charge in [-0.3, -0.25) is 15.6 Å². The number of carbonyl (C=O) groups excluding carboxylic acids is 1. The highest BCUT2D eigenvalue weighted by Gasteiger charge is 2.10. The third-order valence-electron chi connectivity index (χ3n) is 3.17. The molecule has 1 aromatic heterocycles. The van der Waals surface area contributed by atoms with E-state index < -0.39 is 0 Å². The number of thioether (sulfide) groups is 1. The average molecular weight is 433 g/mol. The molecule has 130 valence electrons. The Morgan fingerprint density at radius 2 is 1.88 bits per heavy atom. The first-order valence-electron chi connectivity index (χ1n) is 7.20. The SMILES string of the molecule is O=C(CCSc1ccc(Cl)cc1)NNc1nc2c(Cl)c(Cl)ccc2s1. The lowest BCUT2D eigenvalue weighted by molar-refractivity contribution is -0.120. The number of thiazole rings is 1. The van der Waals surface area contributed by atoms with E-state index in [2.05, 4.69) is 15.8 Å². The molecule has 9 heteroatoms. The Kier molecular flexibility index (Phi) is 6.30. The van der Waals surface area contributed by atoms with E-state index in [-0.39, 0.29) is 5.91 Å². The van der Waals surface area contributed by atoms with Crippen LogP contribution in [-0.4, -0.2) is 16.6 Å². The van der Waals surface area contributed by atoms with Crippen molar-refractivity contribution in [2.75, 3.05) is 11.2 Å². The van der Waals surface area contributed by atoms with Crippen LogP contribution < -0.4 is 10.9 Å². The standard InChI is InChI=1S/C16H12Cl3N3OS2/c17-9-1-3-10(4-2-9)24-8-7-13(23)21-22-16-20-15-12(25-16)6-5-11(18)14(15)19/h1-6H,7-8H2,(H,20,22)(H,21,23). The maximum atomic E-state index is 11.9. The van der Waals surface area contributed by atoms with Crippen molar-refractivity contribution in [3.05, 3.63) is 51.5 Å². The molecule has 0 fully saturated rings. The van der Waals surface area contributed by atoms with Gasteiger partial charge in [0.1, 0.15) is 5.52 Å². The summed E-state index contributed by atoms with van der Waals surface area (Å²) >= 11 is 20.9. The van der Waals surface area contributed by atoms with Gasteiger partial charge in [-0.15, -0.1) is 11.8 Å². The number of hydrogen-bond acceptors (Lipinski definition) is 5. The number of nitrogens with one attached hydrogen (secondary N) is 2. The zero-order chi connectivity index (χ0) is 17.8. The summed E-state index contributed by atoms with van der Waals surface area (Å²) in [7, 11) is 0. The highest BCUT2D eigenvalue weighted by molar-refractivity contribution is 7.99. The number of fused-ring (bicyclic) bond motifs is 1. The van der Waals surface area contributed by atoms with Crippen LogP contribution in [0.5, 0.6) is 0 Å². The molecule has 0 spiro atoms. The summed E-state index contributed by atoms with van der Waals surface area (Å²) in [6.07, 6.45) is 0.373. The van der Waals surface area contributed by atoms with E-state index in [4.69, 9.17) is 34.8 Å². The smallest absolute Gasteiger partial charge is 0.239 e. The van der Waals surface area contributed by atoms with E-state index in [0.29, 0.717) is 37.9 Å². The lowest BCUT2D eigenvalue weighted by atomic mass is 10.3. The van der Waals surface area contributed by atoms with Gasteiger partial charge in [-0.2, -0.15) is 0 Å². The van der Waals surface area contributed by atoms with Crippen LogP contribution >= 0.6 is 57.9 Å². The molecule has 4 nitrogen and oxygen atoms in total. The van der Waals surface area contributed by atoms with Crippen molar-refractivity contribution in [3.63, 3.8) is 0 Å². The number of hydrogen-bond donors (Lipinski definition) is 2. The number of halogens is 3. The molecule has 0 bridgehead atoms. The van der Waals surface area contributed by atoms with Crippen molar-refractivity contribution in [2.45, 2.75) is 11.3 Å². The first kappa shape index (κ1) is 18.6. The molecule has 1 heterocycles. The van der Waals surface area contributed by atoms with Gasteiger partial charge in [0, 0.05) is 22.1 Å². The Labute approximate surface area is 167 Å². The Bertz CT molecular complexity index is 900. The van der Waals surface area contributed by atoms with E-state index >= 15 is 0 Å². The number of carbonyl (C=O) groups is 1. The summed E-state index contributed by atoms with van der Waals surface area (Å²) in [4.78, 5) is 17.3. The van der Waals surface area contributed by atoms with Gasteiger partial charge in [-0.25, -0.2) is 4.98 Å². The van der Waals surface area contributed by atoms with Crippen molar-refractivity contribution in [3.8, 4) is 0 Å². The molecule has 0 aliphatic heterocycles. The first-order valence-corrected chi connectivity index (χ1v) is 10.1. The van der Waals surface area contributed by atoms with Gasteiger partial charge in [0.2, 0.25) is 11.0 Å². The van der Waals surface area contributed by atoms with Gasteiger partial charge in [0.25, 0.3) is 0 Å². The van der Waals surface area contributed by atoms with E-state index in [1.165, 1.54) is 11.3 Å². The van der Waals surface area contributed by atoms with Gasteiger partial charge in [-0.05, 0) is 36.4 Å². The molecule has 0 aliphatic carbocycles. The molecule has 0 unspecified atom stereocenters. The minimum absolute atomic E-state index is 0.121. The topological polar surface area (TPSA) is 54.0 Å². The van der Waals surface area contributed by atoms with Crippen molar-refractivity contribution in [1.29, 1.82) is 0 Å². The van der Waals surface area contributed by atoms with Crippen molar-refractivity contribution >= 4 is 79.2 Å². The van der Waals surface area contributed by atoms with Gasteiger partial charge in [0.05, 0.1) is 14.7 Å². The molecule has 0 saturated heterocycles. The van der Waals surface area contributed by atoms with Gasteiger partial charge >= 0.3 is 0 Å². The normalized spacial score (nSPS) is 10.8. The average Bonchev–Trinajstić information content (AvgIpc) is 3.02. The van der Waals surface area contributed by atoms with Gasteiger partial charge < -0.3 is 0 Å². The molecular weight excluding hydrogens is 421 g/mol. The third kappa shape index (κ3) is 4.92. The lowest BCUT2D eigenvalue weighted by Crippen LogP contribution is -2.29. The maximum Gasteiger partial charge on any atom is 0.239 e. The second-order valence-electron chi connectivity index (χ2n) is 4.95. The van der Waals surface area contributed by atoms with Crippen LogP contribution in [0, 0.1) is 0 Å². The largest absolute Gasteiger partial charge is 0.273 e. The summed E-state index contributed by atoms with van der Waals surface area (Å²) in [6.45, 7) is 0. The van der Waals surface area contributed by atoms with Crippen molar-refractivity contribution in [1.82, 2.24) is 10.4 Å². The minimum Gasteiger partial charge on any atom is -0.273 e. The monoisotopic (exact) mass is 431 g/mol. The molecule has 0 aliphatic rings. The van der Waals surface area contributed by atoms with E-state index in [0.717, 1.165) is 9.60 Å². The van der Waals surface area contributed by atoms with Crippen LogP contribution in [0.25, 0.3) is 10.2 Å². The zero-order valence-electron chi connectivity index (χ0n) is 12.7. The Morgan fingerprint density at radius 3 is 2.64 bits per heavy atom. The summed E-state index contributed by atoms with van der Waals surface area (Å²) in [5.41, 5.74) is 6.07. The first-order chi connectivity index (χ1) is 12.0. The Balaban J connectivity index is 1.49. The number of anilines is 1. The molecule has 0 radical (unpaired) electrons. The fraction of sp³-hybridized carbons (Fsp3) is 0.125. The van der Waals surface area contributed by atoms with Crippen LogP contribution in [-0.2, 0) is 4.79 Å². The summed E-state index contributed by atoms with van der Waals surface area (Å²) in [6, 6.07) is 11.1. The molecule has 25 heavy (non-hydrogen) atoms. The predicted octanol–water partition coefficient (Wildman–Crippen LogP) is 5.88. The molecule has 1 amide bonds. The minimum atomic E-state index is -0.121. The third-order valence-corrected chi connectivity index (χ3v) is 6.17. The summed E-state index contributed by atoms with van der Waals surface area (Å²) in [5.74, 6) is 0.543. The second-order valence-corrected chi connectivity index (χ2v) is 8.37. The number of benzene rings is 2. The van der Waals surface area contributed by atoms with E-state index in [9.17, 15) is 4.79 Å². The van der Waals surface area contributed by atoms with Crippen LogP contribution in [0.4, 0.5) is 5.13 Å². The summed E-state index contributed by atoms with van der Waals surface area (Å²) in [5, 5.41) is 2.12. The summed E-state index contributed by atoms with van der Waals surface area (Å²) < 4.78 is 0.893. The van der Waals surface area contributed by atoms with Crippen molar-refractivity contribution < 1.29 is 4.79 Å². The van der Waals surface area contributed by atoms with E-state index in [1.807, 2.05) is 30.3 Å². The zero-order valence-corrected chi connectivity index (χ0v) is 16.6. The molecule has 0 saturated carbocycles. The van der Waals surface area contributed by atoms with Crippen LogP contribution in [0.1, 0.15) is 6.42 Å². The highest BCUT2D eigenvalue weighted by atomic mass is 35.5. The molecular formula is C16H12Cl3N3OS2.